The van der Waals surface area contributed by atoms with Crippen LogP contribution in [0.1, 0.15) is 56.7 Å². The Balaban J connectivity index is 1.67. The van der Waals surface area contributed by atoms with Gasteiger partial charge < -0.3 is 9.64 Å². The van der Waals surface area contributed by atoms with Crippen LogP contribution in [0.4, 0.5) is 16.3 Å². The lowest BCUT2D eigenvalue weighted by molar-refractivity contribution is 0.187. The molecule has 1 aliphatic heterocycles. The minimum Gasteiger partial charge on any atom is -0.453 e. The molecule has 2 aliphatic rings. The Morgan fingerprint density at radius 2 is 2.06 bits per heavy atom. The van der Waals surface area contributed by atoms with Gasteiger partial charge in [-0.25, -0.2) is 14.8 Å². The zero-order chi connectivity index (χ0) is 22.2. The van der Waals surface area contributed by atoms with E-state index in [0.29, 0.717) is 23.1 Å². The predicted molar refractivity (Wildman–Crippen MR) is 119 cm³/mol. The van der Waals surface area contributed by atoms with Crippen molar-refractivity contribution < 1.29 is 9.53 Å². The third kappa shape index (κ3) is 3.26. The van der Waals surface area contributed by atoms with Crippen molar-refractivity contribution >= 4 is 17.6 Å². The zero-order valence-corrected chi connectivity index (χ0v) is 18.4. The third-order valence-electron chi connectivity index (χ3n) is 6.31. The number of aryl methyl sites for hydroxylation is 1. The molecule has 0 spiro atoms. The summed E-state index contributed by atoms with van der Waals surface area (Å²) in [6.45, 7) is 4.13. The molecule has 166 valence electrons. The molecule has 0 saturated heterocycles. The van der Waals surface area contributed by atoms with E-state index in [0.717, 1.165) is 42.4 Å². The quantitative estimate of drug-likeness (QED) is 0.660. The SMILES string of the molecule is CC[C@@H]1c2nnc(C)n2-c2cnc(-c3ccncc3NC(=O)OC)nc2N1C1CCCC1. The first-order chi connectivity index (χ1) is 15.6. The van der Waals surface area contributed by atoms with Gasteiger partial charge in [-0.2, -0.15) is 0 Å². The second kappa shape index (κ2) is 8.18. The Hall–Kier alpha value is -3.56. The van der Waals surface area contributed by atoms with Gasteiger partial charge in [0.15, 0.2) is 17.5 Å². The molecule has 10 nitrogen and oxygen atoms in total. The molecule has 32 heavy (non-hydrogen) atoms. The summed E-state index contributed by atoms with van der Waals surface area (Å²) in [6.07, 6.45) is 10.1. The number of rotatable bonds is 4. The van der Waals surface area contributed by atoms with E-state index < -0.39 is 6.09 Å². The van der Waals surface area contributed by atoms with Gasteiger partial charge in [0.25, 0.3) is 0 Å². The van der Waals surface area contributed by atoms with Crippen molar-refractivity contribution in [1.29, 1.82) is 0 Å². The summed E-state index contributed by atoms with van der Waals surface area (Å²) in [5, 5.41) is 11.6. The fourth-order valence-electron chi connectivity index (χ4n) is 4.85. The Kier molecular flexibility index (Phi) is 5.20. The summed E-state index contributed by atoms with van der Waals surface area (Å²) >= 11 is 0. The lowest BCUT2D eigenvalue weighted by atomic mass is 10.0. The van der Waals surface area contributed by atoms with Gasteiger partial charge in [-0.15, -0.1) is 10.2 Å². The largest absolute Gasteiger partial charge is 0.453 e. The van der Waals surface area contributed by atoms with Crippen molar-refractivity contribution in [2.45, 2.75) is 58.0 Å². The standard InChI is InChI=1S/C22H26N8O2/c1-4-17-21-28-27-13(2)29(21)18-12-24-19(26-20(18)30(17)14-7-5-6-8-14)15-9-10-23-11-16(15)25-22(31)32-3/h9-12,14,17H,4-8H2,1-3H3,(H,25,31)/t17-/m1/s1. The number of amides is 1. The molecule has 0 aromatic carbocycles. The number of aromatic nitrogens is 6. The van der Waals surface area contributed by atoms with Crippen LogP contribution < -0.4 is 10.2 Å². The van der Waals surface area contributed by atoms with Crippen molar-refractivity contribution in [3.05, 3.63) is 36.3 Å². The minimum absolute atomic E-state index is 0.0969. The highest BCUT2D eigenvalue weighted by Gasteiger charge is 2.39. The van der Waals surface area contributed by atoms with Gasteiger partial charge in [-0.1, -0.05) is 19.8 Å². The van der Waals surface area contributed by atoms with E-state index in [-0.39, 0.29) is 6.04 Å². The molecule has 1 N–H and O–H groups in total. The third-order valence-corrected chi connectivity index (χ3v) is 6.31. The highest BCUT2D eigenvalue weighted by molar-refractivity contribution is 5.90. The van der Waals surface area contributed by atoms with E-state index >= 15 is 0 Å². The number of methoxy groups -OCH3 is 1. The van der Waals surface area contributed by atoms with Crippen molar-refractivity contribution in [2.75, 3.05) is 17.3 Å². The van der Waals surface area contributed by atoms with Gasteiger partial charge in [-0.3, -0.25) is 14.9 Å². The first kappa shape index (κ1) is 20.3. The topological polar surface area (TPSA) is 111 Å². The fraction of sp³-hybridized carbons (Fsp3) is 0.455. The molecule has 0 unspecified atom stereocenters. The number of hydrogen-bond donors (Lipinski definition) is 1. The number of nitrogens with one attached hydrogen (secondary N) is 1. The van der Waals surface area contributed by atoms with E-state index in [1.807, 2.05) is 13.1 Å². The van der Waals surface area contributed by atoms with E-state index in [1.165, 1.54) is 20.0 Å². The molecular formula is C22H26N8O2. The van der Waals surface area contributed by atoms with Crippen LogP contribution in [-0.4, -0.2) is 49.0 Å². The van der Waals surface area contributed by atoms with E-state index in [9.17, 15) is 4.79 Å². The van der Waals surface area contributed by atoms with Gasteiger partial charge in [0.1, 0.15) is 11.5 Å². The maximum absolute atomic E-state index is 11.8. The minimum atomic E-state index is -0.569. The Morgan fingerprint density at radius 3 is 2.81 bits per heavy atom. The predicted octanol–water partition coefficient (Wildman–Crippen LogP) is 3.82. The number of carbonyl (C=O) groups excluding carboxylic acids is 1. The van der Waals surface area contributed by atoms with Gasteiger partial charge in [0.05, 0.1) is 31.2 Å². The molecule has 1 fully saturated rings. The number of fused-ring (bicyclic) bond motifs is 3. The van der Waals surface area contributed by atoms with E-state index in [1.54, 1.807) is 18.5 Å². The normalized spacial score (nSPS) is 17.7. The van der Waals surface area contributed by atoms with E-state index in [2.05, 4.69) is 41.9 Å². The number of pyridine rings is 1. The smallest absolute Gasteiger partial charge is 0.411 e. The zero-order valence-electron chi connectivity index (χ0n) is 18.4. The molecule has 5 rings (SSSR count). The second-order valence-electron chi connectivity index (χ2n) is 8.15. The van der Waals surface area contributed by atoms with Gasteiger partial charge in [0, 0.05) is 17.8 Å². The Labute approximate surface area is 186 Å². The van der Waals surface area contributed by atoms with Crippen LogP contribution in [-0.2, 0) is 4.74 Å². The maximum Gasteiger partial charge on any atom is 0.411 e. The average molecular weight is 435 g/mol. The molecule has 3 aromatic rings. The Morgan fingerprint density at radius 1 is 1.25 bits per heavy atom. The van der Waals surface area contributed by atoms with Crippen LogP contribution in [0.5, 0.6) is 0 Å². The highest BCUT2D eigenvalue weighted by atomic mass is 16.5. The van der Waals surface area contributed by atoms with Crippen LogP contribution in [0.3, 0.4) is 0 Å². The van der Waals surface area contributed by atoms with Crippen LogP contribution >= 0.6 is 0 Å². The molecule has 4 heterocycles. The summed E-state index contributed by atoms with van der Waals surface area (Å²) in [6, 6.07) is 2.29. The van der Waals surface area contributed by atoms with Crippen LogP contribution in [0.2, 0.25) is 0 Å². The molecule has 1 aliphatic carbocycles. The molecular weight excluding hydrogens is 408 g/mol. The first-order valence-corrected chi connectivity index (χ1v) is 11.0. The number of ether oxygens (including phenoxy) is 1. The van der Waals surface area contributed by atoms with Gasteiger partial charge in [0.2, 0.25) is 0 Å². The van der Waals surface area contributed by atoms with Crippen molar-refractivity contribution in [2.24, 2.45) is 0 Å². The van der Waals surface area contributed by atoms with Gasteiger partial charge >= 0.3 is 6.09 Å². The summed E-state index contributed by atoms with van der Waals surface area (Å²) in [7, 11) is 1.32. The lowest BCUT2D eigenvalue weighted by Gasteiger charge is -2.41. The summed E-state index contributed by atoms with van der Waals surface area (Å²) < 4.78 is 6.82. The summed E-state index contributed by atoms with van der Waals surface area (Å²) in [5.74, 6) is 3.16. The van der Waals surface area contributed by atoms with Crippen molar-refractivity contribution in [3.63, 3.8) is 0 Å². The van der Waals surface area contributed by atoms with Crippen molar-refractivity contribution in [1.82, 2.24) is 29.7 Å². The number of carbonyl (C=O) groups is 1. The summed E-state index contributed by atoms with van der Waals surface area (Å²) in [4.78, 5) is 28.1. The van der Waals surface area contributed by atoms with Crippen LogP contribution in [0.15, 0.2) is 24.7 Å². The second-order valence-corrected chi connectivity index (χ2v) is 8.15. The van der Waals surface area contributed by atoms with Crippen molar-refractivity contribution in [3.8, 4) is 17.1 Å². The number of nitrogens with zero attached hydrogens (tertiary/aromatic N) is 7. The molecule has 0 radical (unpaired) electrons. The fourth-order valence-corrected chi connectivity index (χ4v) is 4.85. The highest BCUT2D eigenvalue weighted by Crippen LogP contribution is 2.43. The Bertz CT molecular complexity index is 1150. The van der Waals surface area contributed by atoms with E-state index in [4.69, 9.17) is 9.72 Å². The molecule has 1 saturated carbocycles. The van der Waals surface area contributed by atoms with Gasteiger partial charge in [-0.05, 0) is 32.3 Å². The molecule has 1 atom stereocenters. The monoisotopic (exact) mass is 434 g/mol. The molecule has 0 bridgehead atoms. The number of hydrogen-bond acceptors (Lipinski definition) is 8. The van der Waals surface area contributed by atoms with Crippen LogP contribution in [0.25, 0.3) is 17.1 Å². The molecule has 1 amide bonds. The summed E-state index contributed by atoms with van der Waals surface area (Å²) in [5.41, 5.74) is 2.06. The lowest BCUT2D eigenvalue weighted by Crippen LogP contribution is -2.42. The average Bonchev–Trinajstić information content (AvgIpc) is 3.48. The van der Waals surface area contributed by atoms with Crippen LogP contribution in [0, 0.1) is 6.92 Å². The maximum atomic E-state index is 11.8. The number of anilines is 2. The first-order valence-electron chi connectivity index (χ1n) is 11.0. The molecule has 3 aromatic heterocycles. The molecule has 10 heteroatoms.